The van der Waals surface area contributed by atoms with Gasteiger partial charge in [0.1, 0.15) is 11.6 Å². The van der Waals surface area contributed by atoms with Gasteiger partial charge in [0, 0.05) is 17.1 Å². The summed E-state index contributed by atoms with van der Waals surface area (Å²) < 4.78 is 6.50. The van der Waals surface area contributed by atoms with E-state index < -0.39 is 35.6 Å². The molecule has 35 heavy (non-hydrogen) atoms. The van der Waals surface area contributed by atoms with E-state index in [0.29, 0.717) is 25.1 Å². The Labute approximate surface area is 215 Å². The van der Waals surface area contributed by atoms with Gasteiger partial charge in [0.05, 0.1) is 30.6 Å². The van der Waals surface area contributed by atoms with E-state index >= 15 is 0 Å². The van der Waals surface area contributed by atoms with Crippen molar-refractivity contribution >= 4 is 39.3 Å². The van der Waals surface area contributed by atoms with E-state index in [1.54, 1.807) is 12.1 Å². The van der Waals surface area contributed by atoms with Gasteiger partial charge in [-0.25, -0.2) is 0 Å². The number of para-hydroxylation sites is 1. The molecule has 0 saturated carbocycles. The molecule has 9 heteroatoms. The summed E-state index contributed by atoms with van der Waals surface area (Å²) in [6.45, 7) is 6.33. The average Bonchev–Trinajstić information content (AvgIpc) is 3.41. The lowest BCUT2D eigenvalue weighted by molar-refractivity contribution is -0.145. The Morgan fingerprint density at radius 1 is 1.26 bits per heavy atom. The van der Waals surface area contributed by atoms with E-state index in [0.717, 1.165) is 12.8 Å². The molecule has 3 N–H and O–H groups in total. The summed E-state index contributed by atoms with van der Waals surface area (Å²) in [6, 6.07) is 7.70. The third-order valence-corrected chi connectivity index (χ3v) is 8.34. The minimum absolute atomic E-state index is 0.165. The summed E-state index contributed by atoms with van der Waals surface area (Å²) in [4.78, 5) is 42.5. The molecule has 192 valence electrons. The first-order chi connectivity index (χ1) is 16.7. The lowest BCUT2D eigenvalue weighted by atomic mass is 9.70. The number of aliphatic hydroxyl groups is 1. The zero-order valence-electron chi connectivity index (χ0n) is 20.6. The van der Waals surface area contributed by atoms with E-state index in [1.807, 2.05) is 39.0 Å². The van der Waals surface area contributed by atoms with E-state index in [2.05, 4.69) is 26.6 Å². The number of carbonyl (C=O) groups excluding carboxylic acids is 3. The molecule has 1 spiro atoms. The Morgan fingerprint density at radius 3 is 2.60 bits per heavy atom. The largest absolute Gasteiger partial charge is 0.394 e. The first-order valence-corrected chi connectivity index (χ1v) is 13.5. The van der Waals surface area contributed by atoms with Crippen LogP contribution in [-0.4, -0.2) is 69.5 Å². The van der Waals surface area contributed by atoms with Crippen LogP contribution in [-0.2, 0) is 19.1 Å². The molecule has 3 saturated heterocycles. The molecule has 2 bridgehead atoms. The second-order valence-corrected chi connectivity index (χ2v) is 11.6. The van der Waals surface area contributed by atoms with Crippen LogP contribution < -0.4 is 10.6 Å². The lowest BCUT2D eigenvalue weighted by Gasteiger charge is -2.37. The molecule has 3 aliphatic rings. The van der Waals surface area contributed by atoms with Crippen LogP contribution in [0.4, 0.5) is 5.69 Å². The number of likely N-dealkylation sites (tertiary alicyclic amines) is 1. The molecule has 0 radical (unpaired) electrons. The first-order valence-electron chi connectivity index (χ1n) is 12.6. The van der Waals surface area contributed by atoms with Crippen molar-refractivity contribution in [2.24, 2.45) is 17.8 Å². The molecule has 3 fully saturated rings. The van der Waals surface area contributed by atoms with E-state index in [9.17, 15) is 19.5 Å². The van der Waals surface area contributed by atoms with Gasteiger partial charge in [0.15, 0.2) is 0 Å². The number of nitrogens with zero attached hydrogens (tertiary/aromatic N) is 1. The molecule has 3 amide bonds. The summed E-state index contributed by atoms with van der Waals surface area (Å²) >= 11 is 3.68. The highest BCUT2D eigenvalue weighted by molar-refractivity contribution is 9.09. The highest BCUT2D eigenvalue weighted by atomic mass is 79.9. The predicted octanol–water partition coefficient (Wildman–Crippen LogP) is 2.70. The predicted molar refractivity (Wildman–Crippen MR) is 136 cm³/mol. The standard InChI is InChI=1S/C26H36BrN3O5/c1-4-5-11-28-24(33)22-26-13-18(27)21(35-26)19(23(32)29-16-9-7-6-8-10-16)20(26)25(34)30(22)17(14-31)12-15(2)3/h6-10,15,17-22,31H,4-5,11-14H2,1-3H3,(H,28,33)(H,29,32)/t17-,18?,19-,20+,21-,22?,26?/m1/s1. The molecular formula is C26H36BrN3O5. The second-order valence-electron chi connectivity index (χ2n) is 10.4. The number of fused-ring (bicyclic) bond motifs is 1. The highest BCUT2D eigenvalue weighted by Crippen LogP contribution is 2.60. The summed E-state index contributed by atoms with van der Waals surface area (Å²) in [5.74, 6) is -2.17. The van der Waals surface area contributed by atoms with Crippen LogP contribution in [0.3, 0.4) is 0 Å². The van der Waals surface area contributed by atoms with Gasteiger partial charge < -0.3 is 25.4 Å². The number of anilines is 1. The zero-order valence-corrected chi connectivity index (χ0v) is 22.2. The van der Waals surface area contributed by atoms with Crippen LogP contribution >= 0.6 is 15.9 Å². The number of benzene rings is 1. The summed E-state index contributed by atoms with van der Waals surface area (Å²) in [5, 5.41) is 16.2. The molecule has 3 unspecified atom stereocenters. The number of hydrogen-bond donors (Lipinski definition) is 3. The normalized spacial score (nSPS) is 32.1. The topological polar surface area (TPSA) is 108 Å². The number of carbonyl (C=O) groups is 3. The SMILES string of the molecule is CCCCNC(=O)C1N([C@@H](CO)CC(C)C)C(=O)[C@@H]2[C@@H](C(=O)Nc3ccccc3)[C@@H]3OC12CC3Br. The number of halogens is 1. The van der Waals surface area contributed by atoms with Gasteiger partial charge in [-0.3, -0.25) is 14.4 Å². The lowest BCUT2D eigenvalue weighted by Crippen LogP contribution is -2.58. The quantitative estimate of drug-likeness (QED) is 0.307. The van der Waals surface area contributed by atoms with Crippen molar-refractivity contribution in [2.75, 3.05) is 18.5 Å². The van der Waals surface area contributed by atoms with E-state index in [4.69, 9.17) is 4.74 Å². The zero-order chi connectivity index (χ0) is 25.3. The van der Waals surface area contributed by atoms with Crippen molar-refractivity contribution < 1.29 is 24.2 Å². The molecule has 3 heterocycles. The van der Waals surface area contributed by atoms with Crippen molar-refractivity contribution in [3.63, 3.8) is 0 Å². The molecule has 3 aliphatic heterocycles. The molecule has 4 rings (SSSR count). The monoisotopic (exact) mass is 549 g/mol. The van der Waals surface area contributed by atoms with Crippen molar-refractivity contribution in [3.05, 3.63) is 30.3 Å². The third-order valence-electron chi connectivity index (χ3n) is 7.50. The molecule has 0 aromatic heterocycles. The van der Waals surface area contributed by atoms with Gasteiger partial charge in [0.25, 0.3) is 0 Å². The fourth-order valence-corrected chi connectivity index (χ4v) is 7.06. The maximum Gasteiger partial charge on any atom is 0.245 e. The second kappa shape index (κ2) is 10.6. The van der Waals surface area contributed by atoms with Gasteiger partial charge in [-0.1, -0.05) is 61.3 Å². The Bertz CT molecular complexity index is 944. The summed E-state index contributed by atoms with van der Waals surface area (Å²) in [7, 11) is 0. The Morgan fingerprint density at radius 2 is 1.97 bits per heavy atom. The van der Waals surface area contributed by atoms with Crippen molar-refractivity contribution in [2.45, 2.75) is 75.1 Å². The highest BCUT2D eigenvalue weighted by Gasteiger charge is 2.77. The number of amides is 3. The Balaban J connectivity index is 1.71. The minimum Gasteiger partial charge on any atom is -0.394 e. The van der Waals surface area contributed by atoms with Gasteiger partial charge in [-0.15, -0.1) is 0 Å². The van der Waals surface area contributed by atoms with Gasteiger partial charge in [-0.05, 0) is 37.3 Å². The van der Waals surface area contributed by atoms with Crippen LogP contribution in [0.5, 0.6) is 0 Å². The van der Waals surface area contributed by atoms with Crippen LogP contribution in [0.15, 0.2) is 30.3 Å². The number of hydrogen-bond acceptors (Lipinski definition) is 5. The number of unbranched alkanes of at least 4 members (excludes halogenated alkanes) is 1. The van der Waals surface area contributed by atoms with Crippen LogP contribution in [0.1, 0.15) is 46.5 Å². The molecule has 1 aromatic rings. The number of rotatable bonds is 10. The molecular weight excluding hydrogens is 514 g/mol. The van der Waals surface area contributed by atoms with Crippen LogP contribution in [0, 0.1) is 17.8 Å². The van der Waals surface area contributed by atoms with Gasteiger partial charge >= 0.3 is 0 Å². The third kappa shape index (κ3) is 4.62. The van der Waals surface area contributed by atoms with E-state index in [1.165, 1.54) is 4.90 Å². The first kappa shape index (κ1) is 26.1. The fraction of sp³-hybridized carbons (Fsp3) is 0.654. The number of aliphatic hydroxyl groups excluding tert-OH is 1. The minimum atomic E-state index is -1.12. The fourth-order valence-electron chi connectivity index (χ4n) is 6.11. The number of ether oxygens (including phenoxy) is 1. The van der Waals surface area contributed by atoms with Crippen LogP contribution in [0.2, 0.25) is 0 Å². The Hall–Kier alpha value is -1.97. The average molecular weight is 550 g/mol. The Kier molecular flexibility index (Phi) is 7.88. The summed E-state index contributed by atoms with van der Waals surface area (Å²) in [5.41, 5.74) is -0.473. The van der Waals surface area contributed by atoms with Crippen molar-refractivity contribution in [3.8, 4) is 0 Å². The van der Waals surface area contributed by atoms with Gasteiger partial charge in [0.2, 0.25) is 17.7 Å². The number of alkyl halides is 1. The van der Waals surface area contributed by atoms with E-state index in [-0.39, 0.29) is 35.1 Å². The van der Waals surface area contributed by atoms with Crippen molar-refractivity contribution in [1.29, 1.82) is 0 Å². The van der Waals surface area contributed by atoms with Gasteiger partial charge in [-0.2, -0.15) is 0 Å². The van der Waals surface area contributed by atoms with Crippen LogP contribution in [0.25, 0.3) is 0 Å². The molecule has 7 atom stereocenters. The number of nitrogens with one attached hydrogen (secondary N) is 2. The maximum absolute atomic E-state index is 14.0. The smallest absolute Gasteiger partial charge is 0.245 e. The summed E-state index contributed by atoms with van der Waals surface area (Å²) in [6.07, 6.45) is 2.23. The molecule has 1 aromatic carbocycles. The molecule has 8 nitrogen and oxygen atoms in total. The molecule has 0 aliphatic carbocycles. The maximum atomic E-state index is 14.0. The van der Waals surface area contributed by atoms with Crippen molar-refractivity contribution in [1.82, 2.24) is 10.2 Å².